The third-order valence-electron chi connectivity index (χ3n) is 6.35. The maximum Gasteiger partial charge on any atom is 0.416 e. The summed E-state index contributed by atoms with van der Waals surface area (Å²) in [4.78, 5) is 18.5. The number of benzene rings is 3. The highest BCUT2D eigenvalue weighted by Gasteiger charge is 2.30. The van der Waals surface area contributed by atoms with Gasteiger partial charge in [0.1, 0.15) is 0 Å². The number of H-pyrrole nitrogens is 1. The van der Waals surface area contributed by atoms with Gasteiger partial charge in [-0.1, -0.05) is 74.3 Å². The molecule has 0 fully saturated rings. The van der Waals surface area contributed by atoms with E-state index >= 15 is 0 Å². The Hall–Kier alpha value is -2.96. The molecule has 0 atom stereocenters. The van der Waals surface area contributed by atoms with Crippen molar-refractivity contribution in [3.63, 3.8) is 0 Å². The molecule has 0 unspecified atom stereocenters. The number of nitrogens with zero attached hydrogens (tertiary/aromatic N) is 1. The number of alkyl halides is 3. The molecule has 0 aliphatic heterocycles. The van der Waals surface area contributed by atoms with Gasteiger partial charge in [-0.2, -0.15) is 13.2 Å². The average molecular weight is 547 g/mol. The lowest BCUT2D eigenvalue weighted by molar-refractivity contribution is -0.137. The lowest BCUT2D eigenvalue weighted by Gasteiger charge is -2.25. The first-order chi connectivity index (χ1) is 17.3. The predicted molar refractivity (Wildman–Crippen MR) is 143 cm³/mol. The van der Waals surface area contributed by atoms with Crippen LogP contribution in [0.3, 0.4) is 0 Å². The highest BCUT2D eigenvalue weighted by Crippen LogP contribution is 2.31. The molecule has 194 valence electrons. The number of nitrogens with one attached hydrogen (secondary N) is 1. The Labute approximate surface area is 224 Å². The second kappa shape index (κ2) is 10.4. The molecule has 3 aromatic carbocycles. The van der Waals surface area contributed by atoms with Crippen LogP contribution in [0, 0.1) is 0 Å². The number of carbonyl (C=O) groups is 1. The van der Waals surface area contributed by atoms with E-state index in [4.69, 9.17) is 23.2 Å². The molecule has 3 nitrogen and oxygen atoms in total. The summed E-state index contributed by atoms with van der Waals surface area (Å²) in [5, 5.41) is 1.74. The minimum Gasteiger partial charge on any atom is -0.361 e. The Morgan fingerprint density at radius 3 is 2.38 bits per heavy atom. The summed E-state index contributed by atoms with van der Waals surface area (Å²) in [6.07, 6.45) is -2.47. The number of halogens is 5. The van der Waals surface area contributed by atoms with E-state index in [9.17, 15) is 18.0 Å². The molecule has 37 heavy (non-hydrogen) atoms. The molecule has 1 N–H and O–H groups in total. The van der Waals surface area contributed by atoms with Gasteiger partial charge < -0.3 is 9.88 Å². The third kappa shape index (κ3) is 6.31. The van der Waals surface area contributed by atoms with Crippen molar-refractivity contribution in [3.8, 4) is 0 Å². The fraction of sp³-hybridized carbons (Fsp3) is 0.276. The molecule has 8 heteroatoms. The molecule has 0 spiro atoms. The fourth-order valence-electron chi connectivity index (χ4n) is 4.24. The summed E-state index contributed by atoms with van der Waals surface area (Å²) >= 11 is 12.9. The van der Waals surface area contributed by atoms with Crippen molar-refractivity contribution in [2.45, 2.75) is 45.3 Å². The quantitative estimate of drug-likeness (QED) is 0.258. The molecule has 0 bridgehead atoms. The van der Waals surface area contributed by atoms with Gasteiger partial charge in [-0.3, -0.25) is 4.79 Å². The molecular formula is C29H27Cl2F3N2O. The van der Waals surface area contributed by atoms with Crippen LogP contribution in [0.2, 0.25) is 10.0 Å². The topological polar surface area (TPSA) is 36.1 Å². The van der Waals surface area contributed by atoms with Gasteiger partial charge >= 0.3 is 6.18 Å². The van der Waals surface area contributed by atoms with Crippen molar-refractivity contribution >= 4 is 40.0 Å². The highest BCUT2D eigenvalue weighted by molar-refractivity contribution is 6.32. The lowest BCUT2D eigenvalue weighted by Crippen LogP contribution is -2.33. The molecule has 4 rings (SSSR count). The minimum absolute atomic E-state index is 0.0960. The average Bonchev–Trinajstić information content (AvgIpc) is 3.29. The number of fused-ring (bicyclic) bond motifs is 1. The summed E-state index contributed by atoms with van der Waals surface area (Å²) in [6, 6.07) is 16.1. The SMILES string of the molecule is CC(C)(C)c1ccc(CN(CCc2cccc(C(F)(F)F)c2)C(=O)c2cc(Cl)cc3cc[nH]c23)c(Cl)c1. The Kier molecular flexibility index (Phi) is 7.63. The predicted octanol–water partition coefficient (Wildman–Crippen LogP) is 8.68. The number of aromatic nitrogens is 1. The van der Waals surface area contributed by atoms with Crippen LogP contribution in [0.5, 0.6) is 0 Å². The molecule has 1 aromatic heterocycles. The Morgan fingerprint density at radius 2 is 1.70 bits per heavy atom. The second-order valence-electron chi connectivity index (χ2n) is 10.1. The van der Waals surface area contributed by atoms with E-state index in [1.165, 1.54) is 6.07 Å². The van der Waals surface area contributed by atoms with Crippen molar-refractivity contribution < 1.29 is 18.0 Å². The van der Waals surface area contributed by atoms with Crippen LogP contribution in [-0.4, -0.2) is 22.3 Å². The van der Waals surface area contributed by atoms with Gasteiger partial charge in [0.2, 0.25) is 0 Å². The van der Waals surface area contributed by atoms with Gasteiger partial charge in [0.05, 0.1) is 16.6 Å². The zero-order chi connectivity index (χ0) is 27.0. The van der Waals surface area contributed by atoms with Crippen LogP contribution in [-0.2, 0) is 24.6 Å². The number of hydrogen-bond donors (Lipinski definition) is 1. The molecule has 0 saturated heterocycles. The molecule has 0 aliphatic carbocycles. The van der Waals surface area contributed by atoms with Gasteiger partial charge in [0, 0.05) is 34.7 Å². The summed E-state index contributed by atoms with van der Waals surface area (Å²) in [7, 11) is 0. The first-order valence-corrected chi connectivity index (χ1v) is 12.6. The summed E-state index contributed by atoms with van der Waals surface area (Å²) in [5.74, 6) is -0.294. The van der Waals surface area contributed by atoms with E-state index in [1.54, 1.807) is 29.3 Å². The van der Waals surface area contributed by atoms with E-state index in [0.29, 0.717) is 26.7 Å². The smallest absolute Gasteiger partial charge is 0.361 e. The van der Waals surface area contributed by atoms with Crippen molar-refractivity contribution in [1.29, 1.82) is 0 Å². The zero-order valence-electron chi connectivity index (χ0n) is 20.7. The van der Waals surface area contributed by atoms with E-state index in [2.05, 4.69) is 25.8 Å². The molecular weight excluding hydrogens is 520 g/mol. The van der Waals surface area contributed by atoms with Crippen molar-refractivity contribution in [3.05, 3.63) is 105 Å². The van der Waals surface area contributed by atoms with E-state index in [-0.39, 0.29) is 30.8 Å². The molecule has 1 heterocycles. The number of amides is 1. The van der Waals surface area contributed by atoms with Crippen molar-refractivity contribution in [1.82, 2.24) is 9.88 Å². The second-order valence-corrected chi connectivity index (χ2v) is 11.0. The molecule has 1 amide bonds. The third-order valence-corrected chi connectivity index (χ3v) is 6.92. The van der Waals surface area contributed by atoms with E-state index in [1.807, 2.05) is 24.3 Å². The van der Waals surface area contributed by atoms with Crippen LogP contribution < -0.4 is 0 Å². The lowest BCUT2D eigenvalue weighted by atomic mass is 9.86. The van der Waals surface area contributed by atoms with Gasteiger partial charge in [-0.05, 0) is 58.9 Å². The first kappa shape index (κ1) is 27.1. The largest absolute Gasteiger partial charge is 0.416 e. The highest BCUT2D eigenvalue weighted by atomic mass is 35.5. The number of aromatic amines is 1. The normalized spacial score (nSPS) is 12.2. The Bertz CT molecular complexity index is 1440. The van der Waals surface area contributed by atoms with Gasteiger partial charge in [0.15, 0.2) is 0 Å². The standard InChI is InChI=1S/C29H27Cl2F3N2O/c1-28(2,3)21-8-7-20(25(31)15-21)17-36(12-10-18-5-4-6-22(13-18)29(32,33)34)27(37)24-16-23(30)14-19-9-11-35-26(19)24/h4-9,11,13-16,35H,10,12,17H2,1-3H3. The van der Waals surface area contributed by atoms with Crippen LogP contribution in [0.15, 0.2) is 66.9 Å². The van der Waals surface area contributed by atoms with E-state index in [0.717, 1.165) is 28.6 Å². The van der Waals surface area contributed by atoms with Crippen LogP contribution >= 0.6 is 23.2 Å². The summed E-state index contributed by atoms with van der Waals surface area (Å²) < 4.78 is 39.7. The number of hydrogen-bond acceptors (Lipinski definition) is 1. The Morgan fingerprint density at radius 1 is 0.946 bits per heavy atom. The summed E-state index contributed by atoms with van der Waals surface area (Å²) in [6.45, 7) is 6.64. The van der Waals surface area contributed by atoms with Crippen molar-refractivity contribution in [2.75, 3.05) is 6.54 Å². The molecule has 0 radical (unpaired) electrons. The maximum atomic E-state index is 13.8. The first-order valence-electron chi connectivity index (χ1n) is 11.8. The van der Waals surface area contributed by atoms with Gasteiger partial charge in [-0.15, -0.1) is 0 Å². The monoisotopic (exact) mass is 546 g/mol. The van der Waals surface area contributed by atoms with Crippen molar-refractivity contribution in [2.24, 2.45) is 0 Å². The zero-order valence-corrected chi connectivity index (χ0v) is 22.2. The van der Waals surface area contributed by atoms with Crippen LogP contribution in [0.1, 0.15) is 53.4 Å². The van der Waals surface area contributed by atoms with Gasteiger partial charge in [0.25, 0.3) is 5.91 Å². The number of rotatable bonds is 6. The summed E-state index contributed by atoms with van der Waals surface area (Å²) in [5.41, 5.74) is 2.51. The Balaban J connectivity index is 1.68. The fourth-order valence-corrected chi connectivity index (χ4v) is 4.71. The van der Waals surface area contributed by atoms with Crippen LogP contribution in [0.25, 0.3) is 10.9 Å². The van der Waals surface area contributed by atoms with Crippen LogP contribution in [0.4, 0.5) is 13.2 Å². The molecule has 4 aromatic rings. The molecule has 0 saturated carbocycles. The number of carbonyl (C=O) groups excluding carboxylic acids is 1. The minimum atomic E-state index is -4.44. The van der Waals surface area contributed by atoms with Gasteiger partial charge in [-0.25, -0.2) is 0 Å². The maximum absolute atomic E-state index is 13.8. The molecule has 0 aliphatic rings. The van der Waals surface area contributed by atoms with E-state index < -0.39 is 11.7 Å².